The number of anilines is 1. The molecule has 0 fully saturated rings. The molecule has 29 heavy (non-hydrogen) atoms. The molecule has 3 nitrogen and oxygen atoms in total. The Morgan fingerprint density at radius 3 is 2.21 bits per heavy atom. The van der Waals surface area contributed by atoms with Crippen molar-refractivity contribution in [2.75, 3.05) is 19.0 Å². The molecule has 140 valence electrons. The molecular formula is C26H21N3. The molecule has 0 amide bonds. The highest BCUT2D eigenvalue weighted by Gasteiger charge is 2.48. The van der Waals surface area contributed by atoms with Gasteiger partial charge in [0.05, 0.1) is 12.1 Å². The van der Waals surface area contributed by atoms with E-state index in [0.29, 0.717) is 0 Å². The fraction of sp³-hybridized carbons (Fsp3) is 0.154. The summed E-state index contributed by atoms with van der Waals surface area (Å²) in [5, 5.41) is 20.3. The van der Waals surface area contributed by atoms with Crippen molar-refractivity contribution in [1.29, 1.82) is 10.5 Å². The van der Waals surface area contributed by atoms with Crippen LogP contribution in [0, 0.1) is 34.0 Å². The van der Waals surface area contributed by atoms with E-state index in [4.69, 9.17) is 0 Å². The Morgan fingerprint density at radius 2 is 1.59 bits per heavy atom. The van der Waals surface area contributed by atoms with Gasteiger partial charge in [0.15, 0.2) is 5.41 Å². The van der Waals surface area contributed by atoms with Crippen LogP contribution in [0.15, 0.2) is 90.6 Å². The van der Waals surface area contributed by atoms with Crippen molar-refractivity contribution >= 4 is 16.8 Å². The topological polar surface area (TPSA) is 50.8 Å². The van der Waals surface area contributed by atoms with Gasteiger partial charge in [-0.2, -0.15) is 10.5 Å². The average Bonchev–Trinajstić information content (AvgIpc) is 2.91. The quantitative estimate of drug-likeness (QED) is 0.724. The van der Waals surface area contributed by atoms with Crippen molar-refractivity contribution in [3.63, 3.8) is 0 Å². The van der Waals surface area contributed by atoms with Crippen LogP contribution in [0.4, 0.5) is 5.69 Å². The van der Waals surface area contributed by atoms with Crippen LogP contribution in [0.3, 0.4) is 0 Å². The van der Waals surface area contributed by atoms with E-state index in [1.54, 1.807) is 0 Å². The lowest BCUT2D eigenvalue weighted by Crippen LogP contribution is -2.24. The van der Waals surface area contributed by atoms with E-state index >= 15 is 0 Å². The molecule has 3 heteroatoms. The molecule has 2 aliphatic carbocycles. The second kappa shape index (κ2) is 7.30. The summed E-state index contributed by atoms with van der Waals surface area (Å²) in [5.74, 6) is -0.314. The summed E-state index contributed by atoms with van der Waals surface area (Å²) in [6.07, 6.45) is 10.1. The normalized spacial score (nSPS) is 19.0. The maximum absolute atomic E-state index is 10.1. The molecule has 1 unspecified atom stereocenters. The van der Waals surface area contributed by atoms with Crippen LogP contribution in [0.1, 0.15) is 11.1 Å². The molecule has 2 aromatic rings. The van der Waals surface area contributed by atoms with Gasteiger partial charge in [0, 0.05) is 25.7 Å². The summed E-state index contributed by atoms with van der Waals surface area (Å²) >= 11 is 0. The Morgan fingerprint density at radius 1 is 0.897 bits per heavy atom. The van der Waals surface area contributed by atoms with Crippen molar-refractivity contribution in [2.45, 2.75) is 0 Å². The third-order valence-corrected chi connectivity index (χ3v) is 5.63. The second-order valence-corrected chi connectivity index (χ2v) is 7.52. The van der Waals surface area contributed by atoms with Crippen molar-refractivity contribution in [2.24, 2.45) is 11.3 Å². The highest BCUT2D eigenvalue weighted by Crippen LogP contribution is 2.52. The third kappa shape index (κ3) is 3.08. The number of nitriles is 2. The Hall–Kier alpha value is -3.82. The van der Waals surface area contributed by atoms with Gasteiger partial charge in [-0.15, -0.1) is 0 Å². The van der Waals surface area contributed by atoms with Gasteiger partial charge in [0.2, 0.25) is 0 Å². The summed E-state index contributed by atoms with van der Waals surface area (Å²) in [6, 6.07) is 22.7. The van der Waals surface area contributed by atoms with Crippen LogP contribution >= 0.6 is 0 Å². The molecule has 0 spiro atoms. The van der Waals surface area contributed by atoms with Gasteiger partial charge >= 0.3 is 0 Å². The molecular weight excluding hydrogens is 354 g/mol. The zero-order valence-corrected chi connectivity index (χ0v) is 16.5. The molecule has 0 saturated heterocycles. The number of allylic oxidation sites excluding steroid dienone is 8. The smallest absolute Gasteiger partial charge is 0.179 e. The fourth-order valence-corrected chi connectivity index (χ4v) is 4.02. The van der Waals surface area contributed by atoms with E-state index in [2.05, 4.69) is 47.4 Å². The van der Waals surface area contributed by atoms with Gasteiger partial charge in [0.25, 0.3) is 0 Å². The van der Waals surface area contributed by atoms with E-state index < -0.39 is 5.41 Å². The monoisotopic (exact) mass is 375 g/mol. The first kappa shape index (κ1) is 18.5. The van der Waals surface area contributed by atoms with Crippen molar-refractivity contribution < 1.29 is 0 Å². The molecule has 4 rings (SSSR count). The average molecular weight is 375 g/mol. The third-order valence-electron chi connectivity index (χ3n) is 5.63. The lowest BCUT2D eigenvalue weighted by atomic mass is 9.72. The Kier molecular flexibility index (Phi) is 4.67. The van der Waals surface area contributed by atoms with Crippen LogP contribution in [-0.2, 0) is 0 Å². The summed E-state index contributed by atoms with van der Waals surface area (Å²) < 4.78 is 0. The molecule has 0 N–H and O–H groups in total. The molecule has 0 saturated carbocycles. The Labute approximate surface area is 171 Å². The molecule has 0 radical (unpaired) electrons. The first-order valence-corrected chi connectivity index (χ1v) is 9.57. The fourth-order valence-electron chi connectivity index (χ4n) is 4.02. The minimum absolute atomic E-state index is 0.314. The van der Waals surface area contributed by atoms with E-state index in [1.807, 2.05) is 68.7 Å². The van der Waals surface area contributed by atoms with Gasteiger partial charge in [-0.1, -0.05) is 72.8 Å². The Bertz CT molecular complexity index is 1120. The predicted molar refractivity (Wildman–Crippen MR) is 118 cm³/mol. The summed E-state index contributed by atoms with van der Waals surface area (Å²) in [6.45, 7) is 0. The molecule has 0 heterocycles. The maximum atomic E-state index is 10.1. The molecule has 0 aliphatic heterocycles. The highest BCUT2D eigenvalue weighted by molar-refractivity contribution is 5.86. The second-order valence-electron chi connectivity index (χ2n) is 7.52. The number of fused-ring (bicyclic) bond motifs is 1. The van der Waals surface area contributed by atoms with Crippen LogP contribution in [-0.4, -0.2) is 14.1 Å². The van der Waals surface area contributed by atoms with Crippen LogP contribution in [0.25, 0.3) is 11.1 Å². The number of hydrogen-bond donors (Lipinski definition) is 0. The zero-order chi connectivity index (χ0) is 20.4. The van der Waals surface area contributed by atoms with Crippen LogP contribution < -0.4 is 4.90 Å². The summed E-state index contributed by atoms with van der Waals surface area (Å²) in [7, 11) is 4.03. The van der Waals surface area contributed by atoms with E-state index in [-0.39, 0.29) is 5.92 Å². The van der Waals surface area contributed by atoms with Crippen LogP contribution in [0.5, 0.6) is 0 Å². The van der Waals surface area contributed by atoms with Gasteiger partial charge in [-0.05, 0) is 40.0 Å². The lowest BCUT2D eigenvalue weighted by Gasteiger charge is -2.24. The molecule has 2 aliphatic rings. The van der Waals surface area contributed by atoms with Gasteiger partial charge in [-0.3, -0.25) is 0 Å². The van der Waals surface area contributed by atoms with Crippen molar-refractivity contribution in [3.8, 4) is 12.1 Å². The lowest BCUT2D eigenvalue weighted by molar-refractivity contribution is 0.579. The maximum Gasteiger partial charge on any atom is 0.179 e. The van der Waals surface area contributed by atoms with Gasteiger partial charge in [-0.25, -0.2) is 0 Å². The number of benzene rings is 2. The Balaban J connectivity index is 1.81. The first-order chi connectivity index (χ1) is 14.1. The minimum Gasteiger partial charge on any atom is -0.378 e. The van der Waals surface area contributed by atoms with E-state index in [0.717, 1.165) is 33.5 Å². The molecule has 1 atom stereocenters. The van der Waals surface area contributed by atoms with Crippen molar-refractivity contribution in [3.05, 3.63) is 102 Å². The molecule has 0 aromatic heterocycles. The number of hydrogen-bond acceptors (Lipinski definition) is 3. The summed E-state index contributed by atoms with van der Waals surface area (Å²) in [4.78, 5) is 2.06. The van der Waals surface area contributed by atoms with Gasteiger partial charge in [0.1, 0.15) is 0 Å². The van der Waals surface area contributed by atoms with E-state index in [9.17, 15) is 10.5 Å². The summed E-state index contributed by atoms with van der Waals surface area (Å²) in [5.41, 5.74) is 4.65. The van der Waals surface area contributed by atoms with Crippen molar-refractivity contribution in [1.82, 2.24) is 0 Å². The molecule has 0 bridgehead atoms. The standard InChI is InChI=1S/C26H21N3/c1-29(2)23-13-11-19(12-14-23)21-9-6-10-22-16-24(20-7-4-3-5-8-20)26(17-27,18-28)25(22)15-21/h3-16,25H,1-2H3. The van der Waals surface area contributed by atoms with Crippen LogP contribution in [0.2, 0.25) is 0 Å². The predicted octanol–water partition coefficient (Wildman–Crippen LogP) is 5.38. The highest BCUT2D eigenvalue weighted by atomic mass is 15.1. The van der Waals surface area contributed by atoms with Gasteiger partial charge < -0.3 is 4.90 Å². The number of rotatable bonds is 3. The largest absolute Gasteiger partial charge is 0.378 e. The number of nitrogens with zero attached hydrogens (tertiary/aromatic N) is 3. The zero-order valence-electron chi connectivity index (χ0n) is 16.5. The SMILES string of the molecule is CN(C)c1ccc(C2=CC3C(=CC=C2)C=C(c2ccccc2)C3(C#N)C#N)cc1. The van der Waals surface area contributed by atoms with E-state index in [1.165, 1.54) is 0 Å². The minimum atomic E-state index is -1.24. The molecule has 2 aromatic carbocycles. The first-order valence-electron chi connectivity index (χ1n) is 9.57.